The number of aromatic nitrogens is 3. The van der Waals surface area contributed by atoms with E-state index in [0.717, 1.165) is 28.3 Å². The summed E-state index contributed by atoms with van der Waals surface area (Å²) in [7, 11) is 3.14. The van der Waals surface area contributed by atoms with E-state index in [1.54, 1.807) is 43.8 Å². The number of benzene rings is 1. The predicted octanol–water partition coefficient (Wildman–Crippen LogP) is 4.25. The van der Waals surface area contributed by atoms with Crippen LogP contribution in [0.25, 0.3) is 15.7 Å². The van der Waals surface area contributed by atoms with Crippen molar-refractivity contribution >= 4 is 50.4 Å². The van der Waals surface area contributed by atoms with Crippen molar-refractivity contribution < 1.29 is 14.3 Å². The first-order chi connectivity index (χ1) is 14.1. The lowest BCUT2D eigenvalue weighted by Gasteiger charge is -2.10. The summed E-state index contributed by atoms with van der Waals surface area (Å²) in [5, 5.41) is 14.4. The number of anilines is 1. The van der Waals surface area contributed by atoms with E-state index in [0.29, 0.717) is 17.2 Å². The Morgan fingerprint density at radius 1 is 1.14 bits per heavy atom. The zero-order valence-electron chi connectivity index (χ0n) is 16.3. The Balaban J connectivity index is 1.53. The molecule has 0 radical (unpaired) electrons. The van der Waals surface area contributed by atoms with Crippen LogP contribution in [0.15, 0.2) is 40.7 Å². The molecular weight excluding hydrogens is 408 g/mol. The first-order valence-corrected chi connectivity index (χ1v) is 10.9. The van der Waals surface area contributed by atoms with Crippen molar-refractivity contribution in [2.45, 2.75) is 18.4 Å². The van der Waals surface area contributed by atoms with E-state index < -0.39 is 0 Å². The molecule has 0 saturated heterocycles. The Hall–Kier alpha value is -2.78. The molecule has 3 heterocycles. The maximum atomic E-state index is 12.5. The van der Waals surface area contributed by atoms with Crippen LogP contribution < -0.4 is 14.8 Å². The highest BCUT2D eigenvalue weighted by Gasteiger charge is 2.15. The summed E-state index contributed by atoms with van der Waals surface area (Å²) in [6.07, 6.45) is 0.784. The first-order valence-electron chi connectivity index (χ1n) is 9.03. The molecule has 0 aliphatic heterocycles. The minimum Gasteiger partial charge on any atom is -0.497 e. The number of rotatable bonds is 7. The van der Waals surface area contributed by atoms with Gasteiger partial charge in [0.1, 0.15) is 22.3 Å². The fourth-order valence-electron chi connectivity index (χ4n) is 3.10. The Kier molecular flexibility index (Phi) is 5.59. The van der Waals surface area contributed by atoms with Gasteiger partial charge in [0, 0.05) is 30.3 Å². The Bertz CT molecular complexity index is 1160. The van der Waals surface area contributed by atoms with Gasteiger partial charge >= 0.3 is 0 Å². The quantitative estimate of drug-likeness (QED) is 0.443. The van der Waals surface area contributed by atoms with E-state index in [4.69, 9.17) is 9.47 Å². The van der Waals surface area contributed by atoms with E-state index in [1.165, 1.54) is 16.5 Å². The molecule has 1 aromatic carbocycles. The van der Waals surface area contributed by atoms with E-state index in [-0.39, 0.29) is 11.7 Å². The van der Waals surface area contributed by atoms with Crippen LogP contribution >= 0.6 is 23.1 Å². The average Bonchev–Trinajstić information content (AvgIpc) is 3.33. The van der Waals surface area contributed by atoms with E-state index >= 15 is 0 Å². The maximum Gasteiger partial charge on any atom is 0.234 e. The van der Waals surface area contributed by atoms with Gasteiger partial charge in [-0.15, -0.1) is 21.5 Å². The molecule has 7 nitrogen and oxygen atoms in total. The summed E-state index contributed by atoms with van der Waals surface area (Å²) >= 11 is 3.06. The van der Waals surface area contributed by atoms with Crippen LogP contribution in [0.2, 0.25) is 0 Å². The molecule has 3 aromatic heterocycles. The standard InChI is InChI=1S/C20H20N4O3S2/c1-4-18-22-23-20(16-10-17-15(24(16)18)5-6-28-17)29-11-19(25)21-12-7-13(26-2)9-14(8-12)27-3/h5-10H,4,11H2,1-3H3,(H,21,25). The van der Waals surface area contributed by atoms with Gasteiger partial charge in [-0.3, -0.25) is 9.20 Å². The van der Waals surface area contributed by atoms with Crippen LogP contribution in [0.5, 0.6) is 11.5 Å². The topological polar surface area (TPSA) is 77.8 Å². The van der Waals surface area contributed by atoms with Crippen molar-refractivity contribution in [1.82, 2.24) is 14.6 Å². The summed E-state index contributed by atoms with van der Waals surface area (Å²) in [5.41, 5.74) is 2.73. The number of nitrogens with zero attached hydrogens (tertiary/aromatic N) is 3. The van der Waals surface area contributed by atoms with Gasteiger partial charge in [0.05, 0.1) is 35.7 Å². The van der Waals surface area contributed by atoms with Gasteiger partial charge in [0.15, 0.2) is 0 Å². The fourth-order valence-corrected chi connectivity index (χ4v) is 4.64. The molecule has 150 valence electrons. The SMILES string of the molecule is CCc1nnc(SCC(=O)Nc2cc(OC)cc(OC)c2)c2cc3sccc3n12. The molecular formula is C20H20N4O3S2. The van der Waals surface area contributed by atoms with Crippen LogP contribution in [-0.2, 0) is 11.2 Å². The van der Waals surface area contributed by atoms with Crippen LogP contribution in [0.1, 0.15) is 12.7 Å². The van der Waals surface area contributed by atoms with Gasteiger partial charge in [-0.05, 0) is 17.5 Å². The van der Waals surface area contributed by atoms with E-state index in [1.807, 2.05) is 0 Å². The molecule has 9 heteroatoms. The number of carbonyl (C=O) groups is 1. The summed E-state index contributed by atoms with van der Waals surface area (Å²) in [6.45, 7) is 2.06. The molecule has 1 amide bonds. The summed E-state index contributed by atoms with van der Waals surface area (Å²) in [4.78, 5) is 12.5. The number of nitrogens with one attached hydrogen (secondary N) is 1. The summed E-state index contributed by atoms with van der Waals surface area (Å²) in [5.74, 6) is 2.21. The second-order valence-corrected chi connectivity index (χ2v) is 8.16. The Morgan fingerprint density at radius 3 is 2.59 bits per heavy atom. The molecule has 0 fully saturated rings. The second kappa shape index (κ2) is 8.30. The molecule has 4 aromatic rings. The van der Waals surface area contributed by atoms with Gasteiger partial charge in [-0.2, -0.15) is 0 Å². The minimum atomic E-state index is -0.141. The molecule has 0 spiro atoms. The first kappa shape index (κ1) is 19.5. The molecule has 0 aliphatic rings. The molecule has 0 saturated carbocycles. The van der Waals surface area contributed by atoms with E-state index in [2.05, 4.69) is 44.4 Å². The third-order valence-electron chi connectivity index (χ3n) is 4.45. The fraction of sp³-hybridized carbons (Fsp3) is 0.250. The monoisotopic (exact) mass is 428 g/mol. The summed E-state index contributed by atoms with van der Waals surface area (Å²) < 4.78 is 13.8. The van der Waals surface area contributed by atoms with Crippen LogP contribution in [-0.4, -0.2) is 40.5 Å². The number of hydrogen-bond acceptors (Lipinski definition) is 7. The Morgan fingerprint density at radius 2 is 1.90 bits per heavy atom. The second-order valence-electron chi connectivity index (χ2n) is 6.25. The van der Waals surface area contributed by atoms with Crippen LogP contribution in [0.3, 0.4) is 0 Å². The highest BCUT2D eigenvalue weighted by Crippen LogP contribution is 2.31. The van der Waals surface area contributed by atoms with Crippen molar-refractivity contribution in [2.75, 3.05) is 25.3 Å². The van der Waals surface area contributed by atoms with Gasteiger partial charge in [-0.1, -0.05) is 18.7 Å². The van der Waals surface area contributed by atoms with E-state index in [9.17, 15) is 4.79 Å². The maximum absolute atomic E-state index is 12.5. The number of carbonyl (C=O) groups excluding carboxylic acids is 1. The molecule has 0 atom stereocenters. The average molecular weight is 429 g/mol. The zero-order valence-corrected chi connectivity index (χ0v) is 17.9. The third kappa shape index (κ3) is 3.88. The molecule has 0 bridgehead atoms. The van der Waals surface area contributed by atoms with Crippen LogP contribution in [0, 0.1) is 0 Å². The number of fused-ring (bicyclic) bond motifs is 3. The lowest BCUT2D eigenvalue weighted by molar-refractivity contribution is -0.113. The van der Waals surface area contributed by atoms with Crippen molar-refractivity contribution in [1.29, 1.82) is 0 Å². The molecule has 0 unspecified atom stereocenters. The smallest absolute Gasteiger partial charge is 0.234 e. The molecule has 4 rings (SSSR count). The summed E-state index contributed by atoms with van der Waals surface area (Å²) in [6, 6.07) is 9.46. The van der Waals surface area contributed by atoms with Gasteiger partial charge in [-0.25, -0.2) is 0 Å². The predicted molar refractivity (Wildman–Crippen MR) is 117 cm³/mol. The lowest BCUT2D eigenvalue weighted by Crippen LogP contribution is -2.14. The highest BCUT2D eigenvalue weighted by molar-refractivity contribution is 8.00. The van der Waals surface area contributed by atoms with Gasteiger partial charge in [0.25, 0.3) is 0 Å². The molecule has 0 aliphatic carbocycles. The number of thiophene rings is 1. The number of methoxy groups -OCH3 is 2. The van der Waals surface area contributed by atoms with Crippen molar-refractivity contribution in [3.05, 3.63) is 41.5 Å². The lowest BCUT2D eigenvalue weighted by atomic mass is 10.2. The normalized spacial score (nSPS) is 11.1. The number of amides is 1. The van der Waals surface area contributed by atoms with Crippen LogP contribution in [0.4, 0.5) is 5.69 Å². The van der Waals surface area contributed by atoms with Crippen molar-refractivity contribution in [2.24, 2.45) is 0 Å². The Labute approximate surface area is 176 Å². The number of ether oxygens (including phenoxy) is 2. The minimum absolute atomic E-state index is 0.141. The highest BCUT2D eigenvalue weighted by atomic mass is 32.2. The van der Waals surface area contributed by atoms with Gasteiger partial charge < -0.3 is 14.8 Å². The largest absolute Gasteiger partial charge is 0.497 e. The molecule has 29 heavy (non-hydrogen) atoms. The molecule has 1 N–H and O–H groups in total. The third-order valence-corrected chi connectivity index (χ3v) is 6.27. The number of thioether (sulfide) groups is 1. The number of aryl methyl sites for hydroxylation is 1. The van der Waals surface area contributed by atoms with Crippen molar-refractivity contribution in [3.63, 3.8) is 0 Å². The van der Waals surface area contributed by atoms with Gasteiger partial charge in [0.2, 0.25) is 5.91 Å². The zero-order chi connectivity index (χ0) is 20.4. The van der Waals surface area contributed by atoms with Crippen molar-refractivity contribution in [3.8, 4) is 11.5 Å². The number of hydrogen-bond donors (Lipinski definition) is 1.